The Bertz CT molecular complexity index is 915. The van der Waals surface area contributed by atoms with Crippen LogP contribution in [0.15, 0.2) is 58.5 Å². The smallest absolute Gasteiger partial charge is 0.220 e. The Morgan fingerprint density at radius 3 is 2.77 bits per heavy atom. The van der Waals surface area contributed by atoms with E-state index in [1.807, 2.05) is 30.3 Å². The molecule has 0 radical (unpaired) electrons. The molecule has 1 N–H and O–H groups in total. The first-order valence-electron chi connectivity index (χ1n) is 10.7. The third-order valence-corrected chi connectivity index (χ3v) is 6.77. The molecule has 0 aliphatic carbocycles. The number of aryl methyl sites for hydroxylation is 1. The summed E-state index contributed by atoms with van der Waals surface area (Å²) in [6.45, 7) is 5.16. The first-order valence-corrected chi connectivity index (χ1v) is 11.6. The van der Waals surface area contributed by atoms with Gasteiger partial charge in [-0.2, -0.15) is 0 Å². The number of carbonyl (C=O) groups is 1. The molecule has 6 heteroatoms. The molecule has 0 saturated carbocycles. The average molecular weight is 424 g/mol. The van der Waals surface area contributed by atoms with Crippen molar-refractivity contribution in [2.75, 3.05) is 19.6 Å². The number of carbonyl (C=O) groups excluding carboxylic acids is 1. The van der Waals surface area contributed by atoms with Crippen molar-refractivity contribution in [3.05, 3.63) is 64.8 Å². The number of hydrogen-bond acceptors (Lipinski definition) is 5. The first-order chi connectivity index (χ1) is 14.7. The molecule has 3 heterocycles. The minimum atomic E-state index is 0.0430. The number of amides is 1. The Morgan fingerprint density at radius 2 is 2.03 bits per heavy atom. The largest absolute Gasteiger partial charge is 0.441 e. The average Bonchev–Trinajstić information content (AvgIpc) is 3.47. The molecule has 1 aliphatic rings. The number of likely N-dealkylation sites (tertiary alicyclic amines) is 1. The van der Waals surface area contributed by atoms with Crippen molar-refractivity contribution in [2.45, 2.75) is 38.6 Å². The van der Waals surface area contributed by atoms with Crippen molar-refractivity contribution in [1.82, 2.24) is 15.2 Å². The molecule has 1 aromatic carbocycles. The number of hydrogen-bond donors (Lipinski definition) is 1. The van der Waals surface area contributed by atoms with Crippen molar-refractivity contribution >= 4 is 17.2 Å². The van der Waals surface area contributed by atoms with E-state index >= 15 is 0 Å². The summed E-state index contributed by atoms with van der Waals surface area (Å²) in [5.41, 5.74) is 0.996. The van der Waals surface area contributed by atoms with Gasteiger partial charge in [-0.1, -0.05) is 43.3 Å². The lowest BCUT2D eigenvalue weighted by atomic mass is 9.97. The summed E-state index contributed by atoms with van der Waals surface area (Å²) in [6, 6.07) is 14.4. The highest BCUT2D eigenvalue weighted by molar-refractivity contribution is 7.10. The van der Waals surface area contributed by atoms with Crippen molar-refractivity contribution < 1.29 is 9.21 Å². The Labute approximate surface area is 182 Å². The molecule has 1 atom stereocenters. The summed E-state index contributed by atoms with van der Waals surface area (Å²) in [4.78, 5) is 20.7. The van der Waals surface area contributed by atoms with Crippen LogP contribution in [0.2, 0.25) is 0 Å². The zero-order valence-electron chi connectivity index (χ0n) is 17.4. The molecular weight excluding hydrogens is 394 g/mol. The number of thiophene rings is 1. The summed E-state index contributed by atoms with van der Waals surface area (Å²) >= 11 is 1.77. The molecule has 158 valence electrons. The summed E-state index contributed by atoms with van der Waals surface area (Å²) in [7, 11) is 0. The molecule has 1 amide bonds. The van der Waals surface area contributed by atoms with Gasteiger partial charge in [0.15, 0.2) is 11.7 Å². The van der Waals surface area contributed by atoms with Crippen molar-refractivity contribution in [3.8, 4) is 11.3 Å². The van der Waals surface area contributed by atoms with Crippen LogP contribution in [0.1, 0.15) is 43.0 Å². The first kappa shape index (κ1) is 20.8. The predicted octanol–water partition coefficient (Wildman–Crippen LogP) is 4.93. The van der Waals surface area contributed by atoms with Crippen LogP contribution in [-0.2, 0) is 11.2 Å². The van der Waals surface area contributed by atoms with Crippen LogP contribution in [0, 0.1) is 5.92 Å². The van der Waals surface area contributed by atoms with E-state index in [0.29, 0.717) is 25.3 Å². The summed E-state index contributed by atoms with van der Waals surface area (Å²) in [5, 5.41) is 5.26. The SMILES string of the molecule is CC1CCN([C@H](CNC(=O)CCc2ncc(-c3ccccc3)o2)c2cccs2)CC1. The Morgan fingerprint density at radius 1 is 1.23 bits per heavy atom. The Hall–Kier alpha value is -2.44. The van der Waals surface area contributed by atoms with Crippen LogP contribution < -0.4 is 5.32 Å². The second-order valence-electron chi connectivity index (χ2n) is 8.04. The highest BCUT2D eigenvalue weighted by Gasteiger charge is 2.25. The van der Waals surface area contributed by atoms with Gasteiger partial charge in [0.05, 0.1) is 12.2 Å². The van der Waals surface area contributed by atoms with Gasteiger partial charge in [0, 0.05) is 29.8 Å². The van der Waals surface area contributed by atoms with Crippen LogP contribution in [0.3, 0.4) is 0 Å². The number of benzene rings is 1. The van der Waals surface area contributed by atoms with E-state index in [4.69, 9.17) is 4.42 Å². The van der Waals surface area contributed by atoms with Gasteiger partial charge in [0.25, 0.3) is 0 Å². The monoisotopic (exact) mass is 423 g/mol. The van der Waals surface area contributed by atoms with Gasteiger partial charge in [-0.15, -0.1) is 11.3 Å². The minimum Gasteiger partial charge on any atom is -0.441 e. The third-order valence-electron chi connectivity index (χ3n) is 5.80. The van der Waals surface area contributed by atoms with Crippen LogP contribution in [0.5, 0.6) is 0 Å². The Kier molecular flexibility index (Phi) is 6.97. The third kappa shape index (κ3) is 5.37. The molecule has 0 unspecified atom stereocenters. The van der Waals surface area contributed by atoms with Crippen LogP contribution in [-0.4, -0.2) is 35.4 Å². The standard InChI is InChI=1S/C24H29N3O2S/c1-18-11-13-27(14-12-18)20(22-8-5-15-30-22)16-25-23(28)9-10-24-26-17-21(29-24)19-6-3-2-4-7-19/h2-8,15,17-18,20H,9-14,16H2,1H3,(H,25,28)/t20-/m1/s1. The van der Waals surface area contributed by atoms with Gasteiger partial charge in [-0.3, -0.25) is 9.69 Å². The van der Waals surface area contributed by atoms with E-state index in [1.54, 1.807) is 17.5 Å². The maximum absolute atomic E-state index is 12.5. The number of oxazole rings is 1. The van der Waals surface area contributed by atoms with E-state index < -0.39 is 0 Å². The molecule has 2 aromatic heterocycles. The van der Waals surface area contributed by atoms with Crippen molar-refractivity contribution in [3.63, 3.8) is 0 Å². The van der Waals surface area contributed by atoms with Crippen molar-refractivity contribution in [2.24, 2.45) is 5.92 Å². The fraction of sp³-hybridized carbons (Fsp3) is 0.417. The molecule has 30 heavy (non-hydrogen) atoms. The number of rotatable bonds is 8. The van der Waals surface area contributed by atoms with Crippen LogP contribution >= 0.6 is 11.3 Å². The lowest BCUT2D eigenvalue weighted by Gasteiger charge is -2.36. The topological polar surface area (TPSA) is 58.4 Å². The summed E-state index contributed by atoms with van der Waals surface area (Å²) in [6.07, 6.45) is 5.06. The van der Waals surface area contributed by atoms with E-state index in [1.165, 1.54) is 17.7 Å². The number of nitrogens with one attached hydrogen (secondary N) is 1. The molecule has 4 rings (SSSR count). The van der Waals surface area contributed by atoms with E-state index in [2.05, 4.69) is 39.6 Å². The second kappa shape index (κ2) is 10.0. The van der Waals surface area contributed by atoms with Gasteiger partial charge in [0.1, 0.15) is 0 Å². The number of aromatic nitrogens is 1. The van der Waals surface area contributed by atoms with Crippen LogP contribution in [0.25, 0.3) is 11.3 Å². The highest BCUT2D eigenvalue weighted by Crippen LogP contribution is 2.29. The van der Waals surface area contributed by atoms with E-state index in [-0.39, 0.29) is 11.9 Å². The molecule has 0 spiro atoms. The number of piperidine rings is 1. The van der Waals surface area contributed by atoms with Gasteiger partial charge in [-0.05, 0) is 43.3 Å². The molecule has 1 saturated heterocycles. The summed E-state index contributed by atoms with van der Waals surface area (Å²) in [5.74, 6) is 2.18. The maximum atomic E-state index is 12.5. The zero-order chi connectivity index (χ0) is 20.8. The normalized spacial score (nSPS) is 16.4. The zero-order valence-corrected chi connectivity index (χ0v) is 18.2. The molecular formula is C24H29N3O2S. The molecule has 5 nitrogen and oxygen atoms in total. The second-order valence-corrected chi connectivity index (χ2v) is 9.02. The van der Waals surface area contributed by atoms with Gasteiger partial charge in [-0.25, -0.2) is 4.98 Å². The quantitative estimate of drug-likeness (QED) is 0.558. The van der Waals surface area contributed by atoms with Gasteiger partial charge < -0.3 is 9.73 Å². The molecule has 3 aromatic rings. The van der Waals surface area contributed by atoms with Crippen molar-refractivity contribution in [1.29, 1.82) is 0 Å². The minimum absolute atomic E-state index is 0.0430. The van der Waals surface area contributed by atoms with Gasteiger partial charge >= 0.3 is 0 Å². The van der Waals surface area contributed by atoms with E-state index in [0.717, 1.165) is 30.3 Å². The highest BCUT2D eigenvalue weighted by atomic mass is 32.1. The maximum Gasteiger partial charge on any atom is 0.220 e. The van der Waals surface area contributed by atoms with Gasteiger partial charge in [0.2, 0.25) is 5.91 Å². The lowest BCUT2D eigenvalue weighted by Crippen LogP contribution is -2.41. The fourth-order valence-corrected chi connectivity index (χ4v) is 4.77. The molecule has 1 aliphatic heterocycles. The molecule has 0 bridgehead atoms. The summed E-state index contributed by atoms with van der Waals surface area (Å²) < 4.78 is 5.81. The lowest BCUT2D eigenvalue weighted by molar-refractivity contribution is -0.121. The number of nitrogens with zero attached hydrogens (tertiary/aromatic N) is 2. The Balaban J connectivity index is 1.29. The predicted molar refractivity (Wildman–Crippen MR) is 120 cm³/mol. The molecule has 1 fully saturated rings. The fourth-order valence-electron chi connectivity index (χ4n) is 3.91. The van der Waals surface area contributed by atoms with E-state index in [9.17, 15) is 4.79 Å². The van der Waals surface area contributed by atoms with Crippen LogP contribution in [0.4, 0.5) is 0 Å².